The standard InChI is InChI=1S/C14H24N2O3/c17-7-8-19-11-3-5-16(6-4-11)14(18)12-9-10-1-2-13(12)15-10/h10-13,15,17H,1-9H2. The number of nitrogens with one attached hydrogen (secondary N) is 1. The van der Waals surface area contributed by atoms with E-state index in [4.69, 9.17) is 9.84 Å². The van der Waals surface area contributed by atoms with Gasteiger partial charge in [0.2, 0.25) is 5.91 Å². The molecule has 3 fully saturated rings. The van der Waals surface area contributed by atoms with Crippen LogP contribution in [0.1, 0.15) is 32.1 Å². The summed E-state index contributed by atoms with van der Waals surface area (Å²) < 4.78 is 5.53. The maximum absolute atomic E-state index is 12.5. The largest absolute Gasteiger partial charge is 0.394 e. The Labute approximate surface area is 114 Å². The van der Waals surface area contributed by atoms with Crippen molar-refractivity contribution in [1.29, 1.82) is 0 Å². The van der Waals surface area contributed by atoms with Crippen LogP contribution in [0, 0.1) is 5.92 Å². The van der Waals surface area contributed by atoms with Gasteiger partial charge in [-0.15, -0.1) is 0 Å². The number of ether oxygens (including phenoxy) is 1. The second-order valence-electron chi connectivity index (χ2n) is 6.01. The van der Waals surface area contributed by atoms with Crippen molar-refractivity contribution in [2.24, 2.45) is 5.92 Å². The van der Waals surface area contributed by atoms with Crippen LogP contribution in [0.25, 0.3) is 0 Å². The van der Waals surface area contributed by atoms with Crippen LogP contribution in [0.2, 0.25) is 0 Å². The molecular formula is C14H24N2O3. The molecule has 0 aromatic heterocycles. The van der Waals surface area contributed by atoms with Crippen LogP contribution in [0.4, 0.5) is 0 Å². The SMILES string of the molecule is O=C(C1CC2CCC1N2)N1CCC(OCCO)CC1. The number of fused-ring (bicyclic) bond motifs is 2. The Kier molecular flexibility index (Phi) is 4.05. The van der Waals surface area contributed by atoms with Crippen molar-refractivity contribution in [1.82, 2.24) is 10.2 Å². The molecule has 0 aliphatic carbocycles. The van der Waals surface area contributed by atoms with Gasteiger partial charge in [-0.3, -0.25) is 4.79 Å². The smallest absolute Gasteiger partial charge is 0.227 e. The van der Waals surface area contributed by atoms with Crippen molar-refractivity contribution < 1.29 is 14.6 Å². The predicted octanol–water partition coefficient (Wildman–Crippen LogP) is 0.127. The third-order valence-corrected chi connectivity index (χ3v) is 4.82. The lowest BCUT2D eigenvalue weighted by molar-refractivity contribution is -0.139. The lowest BCUT2D eigenvalue weighted by Gasteiger charge is -2.34. The maximum atomic E-state index is 12.5. The van der Waals surface area contributed by atoms with E-state index in [0.29, 0.717) is 24.6 Å². The van der Waals surface area contributed by atoms with Gasteiger partial charge in [-0.25, -0.2) is 0 Å². The first kappa shape index (κ1) is 13.3. The van der Waals surface area contributed by atoms with Gasteiger partial charge in [0.15, 0.2) is 0 Å². The molecule has 3 unspecified atom stereocenters. The number of piperidine rings is 1. The molecule has 3 heterocycles. The maximum Gasteiger partial charge on any atom is 0.227 e. The first-order valence-corrected chi connectivity index (χ1v) is 7.55. The van der Waals surface area contributed by atoms with Gasteiger partial charge in [0, 0.05) is 25.2 Å². The molecule has 19 heavy (non-hydrogen) atoms. The summed E-state index contributed by atoms with van der Waals surface area (Å²) in [6.07, 6.45) is 5.46. The average molecular weight is 268 g/mol. The van der Waals surface area contributed by atoms with Crippen LogP contribution in [0.3, 0.4) is 0 Å². The Hall–Kier alpha value is -0.650. The molecule has 5 nitrogen and oxygen atoms in total. The molecule has 0 aromatic carbocycles. The Balaban J connectivity index is 1.47. The van der Waals surface area contributed by atoms with Gasteiger partial charge in [0.05, 0.1) is 25.2 Å². The highest BCUT2D eigenvalue weighted by molar-refractivity contribution is 5.80. The Morgan fingerprint density at radius 3 is 2.63 bits per heavy atom. The van der Waals surface area contributed by atoms with Crippen molar-refractivity contribution in [3.8, 4) is 0 Å². The topological polar surface area (TPSA) is 61.8 Å². The molecule has 1 amide bonds. The molecule has 2 bridgehead atoms. The summed E-state index contributed by atoms with van der Waals surface area (Å²) in [6.45, 7) is 2.11. The molecule has 5 heteroatoms. The molecule has 3 aliphatic rings. The summed E-state index contributed by atoms with van der Waals surface area (Å²) in [4.78, 5) is 14.5. The van der Waals surface area contributed by atoms with E-state index >= 15 is 0 Å². The van der Waals surface area contributed by atoms with E-state index in [2.05, 4.69) is 5.32 Å². The zero-order valence-electron chi connectivity index (χ0n) is 11.4. The Morgan fingerprint density at radius 1 is 1.26 bits per heavy atom. The monoisotopic (exact) mass is 268 g/mol. The molecular weight excluding hydrogens is 244 g/mol. The number of aliphatic hydroxyl groups excluding tert-OH is 1. The number of aliphatic hydroxyl groups is 1. The van der Waals surface area contributed by atoms with Crippen LogP contribution in [0.5, 0.6) is 0 Å². The predicted molar refractivity (Wildman–Crippen MR) is 70.7 cm³/mol. The van der Waals surface area contributed by atoms with E-state index in [1.165, 1.54) is 6.42 Å². The van der Waals surface area contributed by atoms with E-state index in [0.717, 1.165) is 38.8 Å². The van der Waals surface area contributed by atoms with Crippen molar-refractivity contribution in [2.75, 3.05) is 26.3 Å². The molecule has 0 saturated carbocycles. The lowest BCUT2D eigenvalue weighted by Crippen LogP contribution is -2.46. The minimum atomic E-state index is 0.0793. The van der Waals surface area contributed by atoms with E-state index in [1.807, 2.05) is 4.90 Å². The van der Waals surface area contributed by atoms with E-state index in [-0.39, 0.29) is 18.6 Å². The summed E-state index contributed by atoms with van der Waals surface area (Å²) in [6, 6.07) is 1.02. The van der Waals surface area contributed by atoms with Gasteiger partial charge in [0.1, 0.15) is 0 Å². The summed E-state index contributed by atoms with van der Waals surface area (Å²) in [5.41, 5.74) is 0. The molecule has 108 valence electrons. The van der Waals surface area contributed by atoms with E-state index < -0.39 is 0 Å². The molecule has 0 spiro atoms. The van der Waals surface area contributed by atoms with Crippen molar-refractivity contribution >= 4 is 5.91 Å². The fourth-order valence-electron chi connectivity index (χ4n) is 3.79. The average Bonchev–Trinajstić information content (AvgIpc) is 3.07. The molecule has 3 aliphatic heterocycles. The van der Waals surface area contributed by atoms with Gasteiger partial charge < -0.3 is 20.1 Å². The van der Waals surface area contributed by atoms with E-state index in [1.54, 1.807) is 0 Å². The number of nitrogens with zero attached hydrogens (tertiary/aromatic N) is 1. The molecule has 2 N–H and O–H groups in total. The van der Waals surface area contributed by atoms with Crippen molar-refractivity contribution in [3.05, 3.63) is 0 Å². The van der Waals surface area contributed by atoms with E-state index in [9.17, 15) is 4.79 Å². The third-order valence-electron chi connectivity index (χ3n) is 4.82. The number of hydrogen-bond acceptors (Lipinski definition) is 4. The van der Waals surface area contributed by atoms with Gasteiger partial charge in [-0.05, 0) is 32.1 Å². The zero-order chi connectivity index (χ0) is 13.2. The van der Waals surface area contributed by atoms with Gasteiger partial charge in [-0.1, -0.05) is 0 Å². The summed E-state index contributed by atoms with van der Waals surface area (Å²) in [5, 5.41) is 12.3. The lowest BCUT2D eigenvalue weighted by atomic mass is 9.87. The highest BCUT2D eigenvalue weighted by atomic mass is 16.5. The second-order valence-corrected chi connectivity index (χ2v) is 6.01. The fraction of sp³-hybridized carbons (Fsp3) is 0.929. The summed E-state index contributed by atoms with van der Waals surface area (Å²) in [7, 11) is 0. The van der Waals surface area contributed by atoms with Crippen LogP contribution >= 0.6 is 0 Å². The number of hydrogen-bond donors (Lipinski definition) is 2. The highest BCUT2D eigenvalue weighted by Crippen LogP contribution is 2.34. The molecule has 3 rings (SSSR count). The number of carbonyl (C=O) groups is 1. The molecule has 0 aromatic rings. The van der Waals surface area contributed by atoms with Crippen molar-refractivity contribution in [3.63, 3.8) is 0 Å². The summed E-state index contributed by atoms with van der Waals surface area (Å²) in [5.74, 6) is 0.564. The summed E-state index contributed by atoms with van der Waals surface area (Å²) >= 11 is 0. The second kappa shape index (κ2) is 5.77. The van der Waals surface area contributed by atoms with Gasteiger partial charge in [-0.2, -0.15) is 0 Å². The van der Waals surface area contributed by atoms with Crippen molar-refractivity contribution in [2.45, 2.75) is 50.3 Å². The fourth-order valence-corrected chi connectivity index (χ4v) is 3.79. The van der Waals surface area contributed by atoms with Crippen LogP contribution in [-0.4, -0.2) is 60.4 Å². The van der Waals surface area contributed by atoms with Crippen LogP contribution < -0.4 is 5.32 Å². The first-order chi connectivity index (χ1) is 9.28. The van der Waals surface area contributed by atoms with Gasteiger partial charge in [0.25, 0.3) is 0 Å². The number of likely N-dealkylation sites (tertiary alicyclic amines) is 1. The molecule has 0 radical (unpaired) electrons. The minimum Gasteiger partial charge on any atom is -0.394 e. The number of carbonyl (C=O) groups excluding carboxylic acids is 1. The van der Waals surface area contributed by atoms with Crippen LogP contribution in [0.15, 0.2) is 0 Å². The minimum absolute atomic E-state index is 0.0793. The number of amides is 1. The first-order valence-electron chi connectivity index (χ1n) is 7.55. The quantitative estimate of drug-likeness (QED) is 0.760. The Morgan fingerprint density at radius 2 is 2.05 bits per heavy atom. The molecule has 3 atom stereocenters. The van der Waals surface area contributed by atoms with Gasteiger partial charge >= 0.3 is 0 Å². The highest BCUT2D eigenvalue weighted by Gasteiger charge is 2.44. The third kappa shape index (κ3) is 2.78. The normalized spacial score (nSPS) is 35.0. The number of rotatable bonds is 4. The zero-order valence-corrected chi connectivity index (χ0v) is 11.4. The molecule has 3 saturated heterocycles. The Bertz CT molecular complexity index is 329. The van der Waals surface area contributed by atoms with Crippen LogP contribution in [-0.2, 0) is 9.53 Å².